The summed E-state index contributed by atoms with van der Waals surface area (Å²) in [7, 11) is 0. The lowest BCUT2D eigenvalue weighted by Gasteiger charge is -2.33. The Hall–Kier alpha value is -2.60. The average molecular weight is 447 g/mol. The van der Waals surface area contributed by atoms with Gasteiger partial charge in [-0.15, -0.1) is 0 Å². The molecule has 0 saturated carbocycles. The Balaban J connectivity index is 1.39. The Bertz CT molecular complexity index is 975. The van der Waals surface area contributed by atoms with Crippen molar-refractivity contribution in [1.29, 1.82) is 0 Å². The number of carbonyl (C=O) groups is 1. The van der Waals surface area contributed by atoms with Crippen molar-refractivity contribution in [2.45, 2.75) is 25.8 Å². The highest BCUT2D eigenvalue weighted by molar-refractivity contribution is 7.99. The van der Waals surface area contributed by atoms with E-state index in [0.29, 0.717) is 19.8 Å². The third-order valence-electron chi connectivity index (χ3n) is 5.72. The van der Waals surface area contributed by atoms with Crippen molar-refractivity contribution in [2.75, 3.05) is 24.6 Å². The van der Waals surface area contributed by atoms with Gasteiger partial charge in [0.1, 0.15) is 6.04 Å². The van der Waals surface area contributed by atoms with Crippen LogP contribution in [-0.4, -0.2) is 35.4 Å². The molecule has 1 heterocycles. The van der Waals surface area contributed by atoms with Crippen molar-refractivity contribution < 1.29 is 9.53 Å². The fourth-order valence-corrected chi connectivity index (χ4v) is 4.93. The van der Waals surface area contributed by atoms with Crippen LogP contribution >= 0.6 is 11.8 Å². The van der Waals surface area contributed by atoms with Gasteiger partial charge in [0, 0.05) is 31.1 Å². The van der Waals surface area contributed by atoms with E-state index in [9.17, 15) is 4.79 Å². The highest BCUT2D eigenvalue weighted by Gasteiger charge is 2.28. The Morgan fingerprint density at radius 2 is 1.47 bits per heavy atom. The van der Waals surface area contributed by atoms with E-state index in [0.717, 1.165) is 46.8 Å². The summed E-state index contributed by atoms with van der Waals surface area (Å²) in [6.07, 6.45) is 0. The van der Waals surface area contributed by atoms with E-state index >= 15 is 0 Å². The predicted octanol–water partition coefficient (Wildman–Crippen LogP) is 4.81. The van der Waals surface area contributed by atoms with E-state index in [1.165, 1.54) is 0 Å². The zero-order chi connectivity index (χ0) is 22.0. The van der Waals surface area contributed by atoms with Crippen LogP contribution < -0.4 is 5.32 Å². The molecule has 166 valence electrons. The molecule has 0 radical (unpaired) electrons. The molecule has 1 aliphatic heterocycles. The molecule has 1 atom stereocenters. The number of nitrogens with zero attached hydrogens (tertiary/aromatic N) is 1. The molecule has 0 bridgehead atoms. The standard InChI is InChI=1S/C27H30N2O2S/c30-27(26(23-11-5-2-6-12-23)29-15-17-32-18-16-29)28-19-24-13-7-8-14-25(24)21-31-20-22-9-3-1-4-10-22/h1-14,26H,15-21H2,(H,28,30). The highest BCUT2D eigenvalue weighted by atomic mass is 32.2. The maximum Gasteiger partial charge on any atom is 0.242 e. The molecule has 4 rings (SSSR count). The number of hydrogen-bond donors (Lipinski definition) is 1. The van der Waals surface area contributed by atoms with Crippen LogP contribution in [0.2, 0.25) is 0 Å². The monoisotopic (exact) mass is 446 g/mol. The molecule has 3 aromatic rings. The van der Waals surface area contributed by atoms with Gasteiger partial charge in [-0.1, -0.05) is 84.9 Å². The van der Waals surface area contributed by atoms with Gasteiger partial charge in [-0.05, 0) is 22.3 Å². The van der Waals surface area contributed by atoms with Crippen LogP contribution in [0.15, 0.2) is 84.9 Å². The van der Waals surface area contributed by atoms with Gasteiger partial charge in [-0.3, -0.25) is 9.69 Å². The number of carbonyl (C=O) groups excluding carboxylic acids is 1. The molecule has 4 nitrogen and oxygen atoms in total. The molecular weight excluding hydrogens is 416 g/mol. The summed E-state index contributed by atoms with van der Waals surface area (Å²) in [5.74, 6) is 2.19. The molecule has 32 heavy (non-hydrogen) atoms. The van der Waals surface area contributed by atoms with Crippen LogP contribution in [0, 0.1) is 0 Å². The molecule has 1 saturated heterocycles. The Morgan fingerprint density at radius 1 is 0.844 bits per heavy atom. The van der Waals surface area contributed by atoms with Gasteiger partial charge >= 0.3 is 0 Å². The van der Waals surface area contributed by atoms with Crippen LogP contribution in [-0.2, 0) is 29.3 Å². The quantitative estimate of drug-likeness (QED) is 0.512. The van der Waals surface area contributed by atoms with E-state index in [2.05, 4.69) is 46.6 Å². The maximum atomic E-state index is 13.3. The van der Waals surface area contributed by atoms with Gasteiger partial charge in [0.15, 0.2) is 0 Å². The molecule has 3 aromatic carbocycles. The Labute approximate surface area is 195 Å². The molecule has 0 aliphatic carbocycles. The predicted molar refractivity (Wildman–Crippen MR) is 131 cm³/mol. The molecule has 1 amide bonds. The first-order chi connectivity index (χ1) is 15.8. The summed E-state index contributed by atoms with van der Waals surface area (Å²) in [4.78, 5) is 15.6. The molecule has 1 aliphatic rings. The van der Waals surface area contributed by atoms with Crippen molar-refractivity contribution in [3.05, 3.63) is 107 Å². The highest BCUT2D eigenvalue weighted by Crippen LogP contribution is 2.25. The van der Waals surface area contributed by atoms with E-state index in [-0.39, 0.29) is 11.9 Å². The van der Waals surface area contributed by atoms with Gasteiger partial charge in [-0.25, -0.2) is 0 Å². The number of amides is 1. The third-order valence-corrected chi connectivity index (χ3v) is 6.66. The van der Waals surface area contributed by atoms with Crippen LogP contribution in [0.1, 0.15) is 28.3 Å². The second-order valence-electron chi connectivity index (χ2n) is 7.93. The molecule has 1 N–H and O–H groups in total. The molecule has 1 unspecified atom stereocenters. The van der Waals surface area contributed by atoms with Crippen molar-refractivity contribution in [1.82, 2.24) is 10.2 Å². The zero-order valence-electron chi connectivity index (χ0n) is 18.3. The van der Waals surface area contributed by atoms with Crippen molar-refractivity contribution >= 4 is 17.7 Å². The Kier molecular flexibility index (Phi) is 8.37. The lowest BCUT2D eigenvalue weighted by Crippen LogP contribution is -2.44. The normalized spacial score (nSPS) is 15.2. The molecule has 0 aromatic heterocycles. The zero-order valence-corrected chi connectivity index (χ0v) is 19.1. The Morgan fingerprint density at radius 3 is 2.19 bits per heavy atom. The minimum atomic E-state index is -0.251. The molecule has 0 spiro atoms. The fraction of sp³-hybridized carbons (Fsp3) is 0.296. The summed E-state index contributed by atoms with van der Waals surface area (Å²) in [6, 6.07) is 28.2. The second kappa shape index (κ2) is 11.9. The first kappa shape index (κ1) is 22.6. The summed E-state index contributed by atoms with van der Waals surface area (Å²) in [5.41, 5.74) is 4.41. The number of benzene rings is 3. The SMILES string of the molecule is O=C(NCc1ccccc1COCc1ccccc1)C(c1ccccc1)N1CCSCC1. The smallest absolute Gasteiger partial charge is 0.242 e. The van der Waals surface area contributed by atoms with Crippen molar-refractivity contribution in [2.24, 2.45) is 0 Å². The average Bonchev–Trinajstić information content (AvgIpc) is 2.86. The van der Waals surface area contributed by atoms with Gasteiger partial charge in [0.2, 0.25) is 5.91 Å². The number of thioether (sulfide) groups is 1. The molecule has 1 fully saturated rings. The van der Waals surface area contributed by atoms with Gasteiger partial charge < -0.3 is 10.1 Å². The van der Waals surface area contributed by atoms with Crippen molar-refractivity contribution in [3.63, 3.8) is 0 Å². The van der Waals surface area contributed by atoms with Crippen LogP contribution in [0.25, 0.3) is 0 Å². The fourth-order valence-electron chi connectivity index (χ4n) is 4.00. The first-order valence-electron chi connectivity index (χ1n) is 11.1. The first-order valence-corrected chi connectivity index (χ1v) is 12.3. The van der Waals surface area contributed by atoms with Gasteiger partial charge in [0.25, 0.3) is 0 Å². The second-order valence-corrected chi connectivity index (χ2v) is 9.15. The summed E-state index contributed by atoms with van der Waals surface area (Å²) in [6.45, 7) is 3.45. The van der Waals surface area contributed by atoms with Crippen LogP contribution in [0.5, 0.6) is 0 Å². The van der Waals surface area contributed by atoms with Crippen LogP contribution in [0.3, 0.4) is 0 Å². The summed E-state index contributed by atoms with van der Waals surface area (Å²) >= 11 is 1.95. The van der Waals surface area contributed by atoms with E-state index in [4.69, 9.17) is 4.74 Å². The topological polar surface area (TPSA) is 41.6 Å². The van der Waals surface area contributed by atoms with Gasteiger partial charge in [0.05, 0.1) is 13.2 Å². The van der Waals surface area contributed by atoms with Crippen LogP contribution in [0.4, 0.5) is 0 Å². The summed E-state index contributed by atoms with van der Waals surface area (Å²) in [5, 5.41) is 3.20. The van der Waals surface area contributed by atoms with E-state index in [1.807, 2.05) is 60.3 Å². The number of ether oxygens (including phenoxy) is 1. The number of hydrogen-bond acceptors (Lipinski definition) is 4. The lowest BCUT2D eigenvalue weighted by molar-refractivity contribution is -0.126. The number of nitrogens with one attached hydrogen (secondary N) is 1. The maximum absolute atomic E-state index is 13.3. The number of rotatable bonds is 9. The van der Waals surface area contributed by atoms with Crippen molar-refractivity contribution in [3.8, 4) is 0 Å². The molecule has 5 heteroatoms. The summed E-state index contributed by atoms with van der Waals surface area (Å²) < 4.78 is 5.94. The third kappa shape index (κ3) is 6.22. The van der Waals surface area contributed by atoms with E-state index < -0.39 is 0 Å². The van der Waals surface area contributed by atoms with Gasteiger partial charge in [-0.2, -0.15) is 11.8 Å². The lowest BCUT2D eigenvalue weighted by atomic mass is 10.0. The van der Waals surface area contributed by atoms with E-state index in [1.54, 1.807) is 0 Å². The minimum Gasteiger partial charge on any atom is -0.372 e. The largest absolute Gasteiger partial charge is 0.372 e. The molecular formula is C27H30N2O2S. The minimum absolute atomic E-state index is 0.0584.